The highest BCUT2D eigenvalue weighted by Gasteiger charge is 2.40. The molecule has 1 aromatic carbocycles. The van der Waals surface area contributed by atoms with E-state index >= 15 is 0 Å². The molecule has 0 radical (unpaired) electrons. The summed E-state index contributed by atoms with van der Waals surface area (Å²) in [5, 5.41) is 20.9. The lowest BCUT2D eigenvalue weighted by Crippen LogP contribution is -2.31. The zero-order chi connectivity index (χ0) is 16.7. The van der Waals surface area contributed by atoms with E-state index in [1.54, 1.807) is 0 Å². The molecule has 3 rings (SSSR count). The molecule has 2 heterocycles. The van der Waals surface area contributed by atoms with Crippen LogP contribution in [0, 0.1) is 0 Å². The van der Waals surface area contributed by atoms with Crippen LogP contribution in [0.3, 0.4) is 0 Å². The van der Waals surface area contributed by atoms with Gasteiger partial charge in [-0.1, -0.05) is 11.6 Å². The predicted octanol–water partition coefficient (Wildman–Crippen LogP) is 2.57. The van der Waals surface area contributed by atoms with Crippen molar-refractivity contribution in [3.05, 3.63) is 46.2 Å². The molecule has 0 aliphatic carbocycles. The highest BCUT2D eigenvalue weighted by atomic mass is 35.5. The van der Waals surface area contributed by atoms with Crippen LogP contribution in [0.15, 0.2) is 24.4 Å². The van der Waals surface area contributed by atoms with Gasteiger partial charge in [0.15, 0.2) is 0 Å². The summed E-state index contributed by atoms with van der Waals surface area (Å²) >= 11 is 6.01. The van der Waals surface area contributed by atoms with Crippen LogP contribution in [-0.2, 0) is 18.3 Å². The topological polar surface area (TPSA) is 65.0 Å². The zero-order valence-electron chi connectivity index (χ0n) is 11.9. The minimum atomic E-state index is -4.41. The fourth-order valence-electron chi connectivity index (χ4n) is 2.75. The van der Waals surface area contributed by atoms with Crippen LogP contribution >= 0.6 is 11.6 Å². The van der Waals surface area contributed by atoms with Crippen molar-refractivity contribution in [2.45, 2.75) is 24.7 Å². The molecule has 1 aromatic heterocycles. The Morgan fingerprint density at radius 1 is 1.39 bits per heavy atom. The van der Waals surface area contributed by atoms with E-state index in [4.69, 9.17) is 11.6 Å². The lowest BCUT2D eigenvalue weighted by molar-refractivity contribution is -0.137. The lowest BCUT2D eigenvalue weighted by atomic mass is 10.00. The third-order valence-electron chi connectivity index (χ3n) is 3.99. The van der Waals surface area contributed by atoms with Gasteiger partial charge in [0.05, 0.1) is 11.8 Å². The first-order valence-electron chi connectivity index (χ1n) is 6.94. The molecule has 0 bridgehead atoms. The largest absolute Gasteiger partial charge is 0.416 e. The van der Waals surface area contributed by atoms with Crippen molar-refractivity contribution >= 4 is 11.6 Å². The minimum Gasteiger partial charge on any atom is -0.382 e. The number of β-amino-alcohol motifs (C(OH)–C–C–N with tert-alkyl or cyclic N) is 1. The fraction of sp³-hybridized carbons (Fsp3) is 0.429. The van der Waals surface area contributed by atoms with E-state index in [0.717, 1.165) is 12.1 Å². The van der Waals surface area contributed by atoms with E-state index in [-0.39, 0.29) is 18.1 Å². The Morgan fingerprint density at radius 2 is 2.17 bits per heavy atom. The van der Waals surface area contributed by atoms with Crippen LogP contribution in [-0.4, -0.2) is 38.5 Å². The Hall–Kier alpha value is -1.64. The average molecular weight is 347 g/mol. The first-order valence-corrected chi connectivity index (χ1v) is 7.32. The number of aliphatic hydroxyl groups is 1. The van der Waals surface area contributed by atoms with Gasteiger partial charge in [-0.2, -0.15) is 28.6 Å². The molecule has 1 aliphatic heterocycles. The van der Waals surface area contributed by atoms with Crippen molar-refractivity contribution in [1.29, 1.82) is 0 Å². The van der Waals surface area contributed by atoms with Crippen LogP contribution in [0.1, 0.15) is 23.2 Å². The number of nitrogens with one attached hydrogen (secondary N) is 1. The van der Waals surface area contributed by atoms with Gasteiger partial charge in [0.1, 0.15) is 11.3 Å². The smallest absolute Gasteiger partial charge is 0.382 e. The molecule has 1 aliphatic rings. The van der Waals surface area contributed by atoms with Gasteiger partial charge in [0.2, 0.25) is 0 Å². The fourth-order valence-corrected chi connectivity index (χ4v) is 2.93. The molecule has 0 spiro atoms. The minimum absolute atomic E-state index is 0.225. The summed E-state index contributed by atoms with van der Waals surface area (Å²) in [6.45, 7) is 1.00. The standard InChI is InChI=1S/C14H14ClF3N4O/c15-11-2-1-10(14(16,17)18)5-9(11)7-22-4-3-13(23,8-22)12-6-19-21-20-12/h1-2,5-6,23H,3-4,7-8H2,(H,19,20,21)/t13-/m0/s1. The Morgan fingerprint density at radius 3 is 2.83 bits per heavy atom. The van der Waals surface area contributed by atoms with Crippen molar-refractivity contribution in [3.8, 4) is 0 Å². The van der Waals surface area contributed by atoms with Crippen LogP contribution in [0.5, 0.6) is 0 Å². The number of alkyl halides is 3. The van der Waals surface area contributed by atoms with Gasteiger partial charge in [-0.15, -0.1) is 0 Å². The molecule has 2 N–H and O–H groups in total. The number of nitrogens with zero attached hydrogens (tertiary/aromatic N) is 3. The monoisotopic (exact) mass is 346 g/mol. The van der Waals surface area contributed by atoms with E-state index in [1.165, 1.54) is 12.3 Å². The molecular formula is C14H14ClF3N4O. The second kappa shape index (κ2) is 5.77. The second-order valence-electron chi connectivity index (χ2n) is 5.65. The number of hydrogen-bond acceptors (Lipinski definition) is 4. The zero-order valence-corrected chi connectivity index (χ0v) is 12.7. The molecule has 9 heteroatoms. The molecule has 124 valence electrons. The van der Waals surface area contributed by atoms with Gasteiger partial charge in [-0.05, 0) is 30.2 Å². The molecule has 1 saturated heterocycles. The summed E-state index contributed by atoms with van der Waals surface area (Å²) in [5.41, 5.74) is -1.08. The van der Waals surface area contributed by atoms with Crippen LogP contribution in [0.2, 0.25) is 5.02 Å². The van der Waals surface area contributed by atoms with Crippen molar-refractivity contribution in [3.63, 3.8) is 0 Å². The molecule has 0 saturated carbocycles. The lowest BCUT2D eigenvalue weighted by Gasteiger charge is -2.21. The SMILES string of the molecule is O[C@@]1(c2cn[nH]n2)CCN(Cc2cc(C(F)(F)F)ccc2Cl)C1. The van der Waals surface area contributed by atoms with Crippen molar-refractivity contribution in [2.24, 2.45) is 0 Å². The van der Waals surface area contributed by atoms with Gasteiger partial charge >= 0.3 is 6.18 Å². The Kier molecular flexibility index (Phi) is 4.07. The maximum Gasteiger partial charge on any atom is 0.416 e. The van der Waals surface area contributed by atoms with E-state index in [1.807, 2.05) is 4.90 Å². The van der Waals surface area contributed by atoms with Crippen LogP contribution in [0.25, 0.3) is 0 Å². The highest BCUT2D eigenvalue weighted by molar-refractivity contribution is 6.31. The van der Waals surface area contributed by atoms with Gasteiger partial charge in [-0.25, -0.2) is 0 Å². The first-order chi connectivity index (χ1) is 10.8. The number of halogens is 4. The predicted molar refractivity (Wildman–Crippen MR) is 76.6 cm³/mol. The van der Waals surface area contributed by atoms with E-state index < -0.39 is 17.3 Å². The number of aromatic amines is 1. The number of aromatic nitrogens is 3. The Bertz CT molecular complexity index is 692. The van der Waals surface area contributed by atoms with E-state index in [9.17, 15) is 18.3 Å². The molecule has 23 heavy (non-hydrogen) atoms. The number of hydrogen-bond donors (Lipinski definition) is 2. The summed E-state index contributed by atoms with van der Waals surface area (Å²) in [6, 6.07) is 3.26. The maximum absolute atomic E-state index is 12.8. The van der Waals surface area contributed by atoms with Gasteiger partial charge in [-0.3, -0.25) is 4.90 Å². The summed E-state index contributed by atoms with van der Waals surface area (Å²) in [6.07, 6.45) is -2.54. The Balaban J connectivity index is 1.76. The Labute approximate surface area is 135 Å². The number of benzene rings is 1. The summed E-state index contributed by atoms with van der Waals surface area (Å²) in [4.78, 5) is 1.84. The van der Waals surface area contributed by atoms with Crippen LogP contribution in [0.4, 0.5) is 13.2 Å². The van der Waals surface area contributed by atoms with E-state index in [0.29, 0.717) is 24.2 Å². The molecule has 0 amide bonds. The van der Waals surface area contributed by atoms with Gasteiger partial charge < -0.3 is 5.11 Å². The normalized spacial score (nSPS) is 22.7. The summed E-state index contributed by atoms with van der Waals surface area (Å²) in [7, 11) is 0. The molecule has 1 fully saturated rings. The second-order valence-corrected chi connectivity index (χ2v) is 6.06. The number of rotatable bonds is 3. The highest BCUT2D eigenvalue weighted by Crippen LogP contribution is 2.34. The van der Waals surface area contributed by atoms with E-state index in [2.05, 4.69) is 15.4 Å². The summed E-state index contributed by atoms with van der Waals surface area (Å²) < 4.78 is 38.4. The van der Waals surface area contributed by atoms with Gasteiger partial charge in [0, 0.05) is 24.7 Å². The summed E-state index contributed by atoms with van der Waals surface area (Å²) in [5.74, 6) is 0. The quantitative estimate of drug-likeness (QED) is 0.896. The van der Waals surface area contributed by atoms with Crippen molar-refractivity contribution < 1.29 is 18.3 Å². The van der Waals surface area contributed by atoms with Gasteiger partial charge in [0.25, 0.3) is 0 Å². The third-order valence-corrected chi connectivity index (χ3v) is 4.35. The van der Waals surface area contributed by atoms with Crippen molar-refractivity contribution in [1.82, 2.24) is 20.3 Å². The number of likely N-dealkylation sites (tertiary alicyclic amines) is 1. The third kappa shape index (κ3) is 3.34. The maximum atomic E-state index is 12.8. The molecule has 5 nitrogen and oxygen atoms in total. The molecular weight excluding hydrogens is 333 g/mol. The average Bonchev–Trinajstić information content (AvgIpc) is 3.11. The van der Waals surface area contributed by atoms with Crippen LogP contribution < -0.4 is 0 Å². The number of H-pyrrole nitrogens is 1. The molecule has 1 atom stereocenters. The molecule has 2 aromatic rings. The first kappa shape index (κ1) is 16.2. The molecule has 0 unspecified atom stereocenters. The van der Waals surface area contributed by atoms with Crippen molar-refractivity contribution in [2.75, 3.05) is 13.1 Å².